The van der Waals surface area contributed by atoms with Gasteiger partial charge in [0.2, 0.25) is 0 Å². The van der Waals surface area contributed by atoms with Gasteiger partial charge in [-0.2, -0.15) is 11.8 Å². The predicted molar refractivity (Wildman–Crippen MR) is 62.4 cm³/mol. The van der Waals surface area contributed by atoms with Crippen LogP contribution in [-0.4, -0.2) is 25.6 Å². The number of nitrogen functional groups attached to an aromatic ring is 1. The molecular weight excluding hydrogens is 218 g/mol. The third-order valence-electron chi connectivity index (χ3n) is 2.11. The number of thioether (sulfide) groups is 1. The van der Waals surface area contributed by atoms with Crippen LogP contribution >= 0.6 is 11.8 Å². The fraction of sp³-hybridized carbons (Fsp3) is 0.400. The minimum absolute atomic E-state index is 0.00000283. The van der Waals surface area contributed by atoms with Crippen LogP contribution in [0.1, 0.15) is 0 Å². The Labute approximate surface area is 92.4 Å². The van der Waals surface area contributed by atoms with E-state index in [9.17, 15) is 8.78 Å². The second-order valence-electron chi connectivity index (χ2n) is 3.23. The standard InChI is InChI=1S/C10H14F2N2S/c1-14(3-4-15-2)9-6-7(11)5-8(12)10(9)13/h5-6H,3-4,13H2,1-2H3. The van der Waals surface area contributed by atoms with Gasteiger partial charge in [0.05, 0.1) is 11.4 Å². The maximum Gasteiger partial charge on any atom is 0.151 e. The molecule has 1 aromatic rings. The van der Waals surface area contributed by atoms with E-state index in [4.69, 9.17) is 5.73 Å². The number of rotatable bonds is 4. The molecule has 5 heteroatoms. The van der Waals surface area contributed by atoms with Gasteiger partial charge < -0.3 is 10.6 Å². The molecule has 0 saturated carbocycles. The van der Waals surface area contributed by atoms with Crippen molar-refractivity contribution in [2.24, 2.45) is 0 Å². The number of benzene rings is 1. The molecule has 0 bridgehead atoms. The lowest BCUT2D eigenvalue weighted by molar-refractivity contribution is 0.586. The first-order valence-electron chi connectivity index (χ1n) is 4.51. The lowest BCUT2D eigenvalue weighted by Crippen LogP contribution is -2.22. The van der Waals surface area contributed by atoms with Crippen molar-refractivity contribution >= 4 is 23.1 Å². The average Bonchev–Trinajstić information content (AvgIpc) is 2.19. The van der Waals surface area contributed by atoms with Crippen molar-refractivity contribution in [1.82, 2.24) is 0 Å². The SMILES string of the molecule is CSCCN(C)c1cc(F)cc(F)c1N. The molecule has 0 amide bonds. The molecule has 0 spiro atoms. The van der Waals surface area contributed by atoms with E-state index in [0.29, 0.717) is 12.2 Å². The number of halogens is 2. The van der Waals surface area contributed by atoms with Crippen LogP contribution in [0.2, 0.25) is 0 Å². The molecule has 1 rings (SSSR count). The summed E-state index contributed by atoms with van der Waals surface area (Å²) in [5.41, 5.74) is 5.94. The summed E-state index contributed by atoms with van der Waals surface area (Å²) < 4.78 is 26.1. The van der Waals surface area contributed by atoms with Gasteiger partial charge in [-0.3, -0.25) is 0 Å². The molecule has 0 aliphatic carbocycles. The minimum atomic E-state index is -0.707. The molecule has 0 radical (unpaired) electrons. The Morgan fingerprint density at radius 2 is 2.07 bits per heavy atom. The van der Waals surface area contributed by atoms with Crippen molar-refractivity contribution < 1.29 is 8.78 Å². The van der Waals surface area contributed by atoms with E-state index >= 15 is 0 Å². The van der Waals surface area contributed by atoms with Gasteiger partial charge in [-0.05, 0) is 12.3 Å². The highest BCUT2D eigenvalue weighted by Gasteiger charge is 2.11. The predicted octanol–water partition coefficient (Wildman–Crippen LogP) is 2.35. The molecule has 0 heterocycles. The Hall–Kier alpha value is -0.970. The van der Waals surface area contributed by atoms with Crippen LogP contribution in [0.5, 0.6) is 0 Å². The highest BCUT2D eigenvalue weighted by Crippen LogP contribution is 2.26. The quantitative estimate of drug-likeness (QED) is 0.808. The van der Waals surface area contributed by atoms with Crippen LogP contribution in [0.4, 0.5) is 20.2 Å². The third kappa shape index (κ3) is 2.99. The molecule has 1 aromatic carbocycles. The Bertz CT molecular complexity index is 344. The topological polar surface area (TPSA) is 29.3 Å². The van der Waals surface area contributed by atoms with Crippen molar-refractivity contribution in [2.75, 3.05) is 36.2 Å². The molecule has 0 aliphatic rings. The molecule has 0 aliphatic heterocycles. The summed E-state index contributed by atoms with van der Waals surface area (Å²) in [6.45, 7) is 0.703. The zero-order valence-corrected chi connectivity index (χ0v) is 9.57. The zero-order chi connectivity index (χ0) is 11.4. The van der Waals surface area contributed by atoms with Crippen molar-refractivity contribution in [3.8, 4) is 0 Å². The van der Waals surface area contributed by atoms with Crippen molar-refractivity contribution in [1.29, 1.82) is 0 Å². The van der Waals surface area contributed by atoms with E-state index in [0.717, 1.165) is 11.8 Å². The Kier molecular flexibility index (Phi) is 4.20. The van der Waals surface area contributed by atoms with Crippen LogP contribution in [0.15, 0.2) is 12.1 Å². The second-order valence-corrected chi connectivity index (χ2v) is 4.22. The zero-order valence-electron chi connectivity index (χ0n) is 8.76. The molecule has 0 aromatic heterocycles. The Morgan fingerprint density at radius 3 is 2.67 bits per heavy atom. The summed E-state index contributed by atoms with van der Waals surface area (Å²) >= 11 is 1.67. The van der Waals surface area contributed by atoms with Gasteiger partial charge in [-0.25, -0.2) is 8.78 Å². The van der Waals surface area contributed by atoms with Crippen LogP contribution < -0.4 is 10.6 Å². The number of hydrogen-bond acceptors (Lipinski definition) is 3. The highest BCUT2D eigenvalue weighted by molar-refractivity contribution is 7.98. The first kappa shape index (κ1) is 12.1. The summed E-state index contributed by atoms with van der Waals surface area (Å²) in [4.78, 5) is 1.75. The molecule has 0 fully saturated rings. The fourth-order valence-corrected chi connectivity index (χ4v) is 1.69. The number of nitrogens with two attached hydrogens (primary N) is 1. The van der Waals surface area contributed by atoms with Gasteiger partial charge in [-0.1, -0.05) is 0 Å². The van der Waals surface area contributed by atoms with Crippen LogP contribution in [0.25, 0.3) is 0 Å². The van der Waals surface area contributed by atoms with Gasteiger partial charge in [-0.15, -0.1) is 0 Å². The largest absolute Gasteiger partial charge is 0.395 e. The molecule has 0 atom stereocenters. The van der Waals surface area contributed by atoms with E-state index < -0.39 is 11.6 Å². The molecule has 0 unspecified atom stereocenters. The van der Waals surface area contributed by atoms with Crippen molar-refractivity contribution in [3.05, 3.63) is 23.8 Å². The first-order valence-corrected chi connectivity index (χ1v) is 5.90. The molecule has 84 valence electrons. The van der Waals surface area contributed by atoms with Crippen LogP contribution in [-0.2, 0) is 0 Å². The molecule has 2 nitrogen and oxygen atoms in total. The van der Waals surface area contributed by atoms with Gasteiger partial charge in [0.15, 0.2) is 5.82 Å². The summed E-state index contributed by atoms with van der Waals surface area (Å²) in [5, 5.41) is 0. The van der Waals surface area contributed by atoms with E-state index in [1.165, 1.54) is 6.07 Å². The van der Waals surface area contributed by atoms with E-state index in [1.54, 1.807) is 23.7 Å². The summed E-state index contributed by atoms with van der Waals surface area (Å²) in [6, 6.07) is 2.04. The normalized spacial score (nSPS) is 10.4. The lowest BCUT2D eigenvalue weighted by atomic mass is 10.2. The molecule has 2 N–H and O–H groups in total. The van der Waals surface area contributed by atoms with Gasteiger partial charge >= 0.3 is 0 Å². The van der Waals surface area contributed by atoms with Gasteiger partial charge in [0, 0.05) is 25.4 Å². The van der Waals surface area contributed by atoms with E-state index in [-0.39, 0.29) is 5.69 Å². The van der Waals surface area contributed by atoms with Crippen LogP contribution in [0, 0.1) is 11.6 Å². The first-order chi connectivity index (χ1) is 7.06. The Balaban J connectivity index is 2.92. The summed E-state index contributed by atoms with van der Waals surface area (Å²) in [7, 11) is 1.76. The van der Waals surface area contributed by atoms with Gasteiger partial charge in [0.1, 0.15) is 5.82 Å². The maximum absolute atomic E-state index is 13.1. The molecule has 15 heavy (non-hydrogen) atoms. The second kappa shape index (κ2) is 5.21. The lowest BCUT2D eigenvalue weighted by Gasteiger charge is -2.20. The number of anilines is 2. The van der Waals surface area contributed by atoms with Crippen molar-refractivity contribution in [3.63, 3.8) is 0 Å². The van der Waals surface area contributed by atoms with Crippen LogP contribution in [0.3, 0.4) is 0 Å². The highest BCUT2D eigenvalue weighted by atomic mass is 32.2. The minimum Gasteiger partial charge on any atom is -0.395 e. The monoisotopic (exact) mass is 232 g/mol. The number of nitrogens with zero attached hydrogens (tertiary/aromatic N) is 1. The fourth-order valence-electron chi connectivity index (χ4n) is 1.24. The Morgan fingerprint density at radius 1 is 1.40 bits per heavy atom. The smallest absolute Gasteiger partial charge is 0.151 e. The maximum atomic E-state index is 13.1. The number of hydrogen-bond donors (Lipinski definition) is 1. The molecule has 0 saturated heterocycles. The third-order valence-corrected chi connectivity index (χ3v) is 2.71. The summed E-state index contributed by atoms with van der Waals surface area (Å²) in [6.07, 6.45) is 1.98. The molecular formula is C10H14F2N2S. The van der Waals surface area contributed by atoms with E-state index in [2.05, 4.69) is 0 Å². The van der Waals surface area contributed by atoms with Crippen molar-refractivity contribution in [2.45, 2.75) is 0 Å². The van der Waals surface area contributed by atoms with Gasteiger partial charge in [0.25, 0.3) is 0 Å². The average molecular weight is 232 g/mol. The summed E-state index contributed by atoms with van der Waals surface area (Å²) in [5.74, 6) is -0.428. The van der Waals surface area contributed by atoms with E-state index in [1.807, 2.05) is 6.26 Å².